The minimum Gasteiger partial charge on any atom is -0.343 e. The summed E-state index contributed by atoms with van der Waals surface area (Å²) in [6.45, 7) is 10.6. The topological polar surface area (TPSA) is 20.3 Å². The van der Waals surface area contributed by atoms with Gasteiger partial charge in [0.15, 0.2) is 0 Å². The fourth-order valence-corrected chi connectivity index (χ4v) is 2.35. The molecule has 0 radical (unpaired) electrons. The van der Waals surface area contributed by atoms with E-state index in [4.69, 9.17) is 0 Å². The van der Waals surface area contributed by atoms with E-state index < -0.39 is 0 Å². The highest BCUT2D eigenvalue weighted by Crippen LogP contribution is 2.19. The molecule has 0 atom stereocenters. The average Bonchev–Trinajstić information content (AvgIpc) is 2.43. The van der Waals surface area contributed by atoms with Crippen molar-refractivity contribution in [1.29, 1.82) is 0 Å². The summed E-state index contributed by atoms with van der Waals surface area (Å²) >= 11 is 0. The zero-order valence-corrected chi connectivity index (χ0v) is 14.2. The highest BCUT2D eigenvalue weighted by atomic mass is 16.2. The average molecular weight is 289 g/mol. The zero-order chi connectivity index (χ0) is 15.7. The summed E-state index contributed by atoms with van der Waals surface area (Å²) in [6.07, 6.45) is 4.70. The molecule has 0 aliphatic rings. The summed E-state index contributed by atoms with van der Waals surface area (Å²) in [7, 11) is 0. The van der Waals surface area contributed by atoms with Crippen LogP contribution in [0, 0.1) is 5.41 Å². The van der Waals surface area contributed by atoms with Gasteiger partial charge in [0, 0.05) is 19.5 Å². The fraction of sp³-hybridized carbons (Fsp3) is 0.632. The lowest BCUT2D eigenvalue weighted by molar-refractivity contribution is -0.131. The van der Waals surface area contributed by atoms with Crippen LogP contribution < -0.4 is 0 Å². The van der Waals surface area contributed by atoms with Gasteiger partial charge in [-0.3, -0.25) is 4.79 Å². The molecule has 0 aliphatic carbocycles. The normalized spacial score (nSPS) is 11.4. The molecule has 0 aliphatic heterocycles. The van der Waals surface area contributed by atoms with E-state index in [2.05, 4.69) is 56.9 Å². The van der Waals surface area contributed by atoms with Crippen LogP contribution in [0.3, 0.4) is 0 Å². The van der Waals surface area contributed by atoms with Crippen LogP contribution in [0.25, 0.3) is 0 Å². The molecule has 1 aromatic rings. The van der Waals surface area contributed by atoms with E-state index in [9.17, 15) is 4.79 Å². The Kier molecular flexibility index (Phi) is 7.49. The molecule has 1 amide bonds. The van der Waals surface area contributed by atoms with Crippen molar-refractivity contribution < 1.29 is 4.79 Å². The molecule has 2 nitrogen and oxygen atoms in total. The van der Waals surface area contributed by atoms with Crippen LogP contribution in [0.4, 0.5) is 0 Å². The lowest BCUT2D eigenvalue weighted by Crippen LogP contribution is -2.34. The van der Waals surface area contributed by atoms with E-state index in [1.54, 1.807) is 0 Å². The Hall–Kier alpha value is -1.31. The molecule has 0 saturated heterocycles. The molecule has 0 N–H and O–H groups in total. The predicted molar refractivity (Wildman–Crippen MR) is 90.3 cm³/mol. The number of nitrogens with zero attached hydrogens (tertiary/aromatic N) is 1. The molecule has 1 aromatic carbocycles. The molecule has 0 heterocycles. The highest BCUT2D eigenvalue weighted by Gasteiger charge is 2.16. The molecular weight excluding hydrogens is 258 g/mol. The monoisotopic (exact) mass is 289 g/mol. The number of carbonyl (C=O) groups is 1. The maximum absolute atomic E-state index is 12.4. The van der Waals surface area contributed by atoms with Crippen LogP contribution in [-0.4, -0.2) is 23.9 Å². The summed E-state index contributed by atoms with van der Waals surface area (Å²) in [4.78, 5) is 14.4. The molecule has 1 rings (SSSR count). The van der Waals surface area contributed by atoms with Gasteiger partial charge >= 0.3 is 0 Å². The van der Waals surface area contributed by atoms with Crippen molar-refractivity contribution in [3.8, 4) is 0 Å². The van der Waals surface area contributed by atoms with E-state index in [0.29, 0.717) is 12.3 Å². The summed E-state index contributed by atoms with van der Waals surface area (Å²) < 4.78 is 0. The Morgan fingerprint density at radius 3 is 2.33 bits per heavy atom. The molecule has 0 aromatic heterocycles. The van der Waals surface area contributed by atoms with E-state index in [1.165, 1.54) is 5.56 Å². The van der Waals surface area contributed by atoms with Gasteiger partial charge in [-0.15, -0.1) is 0 Å². The molecule has 0 unspecified atom stereocenters. The Bertz CT molecular complexity index is 405. The van der Waals surface area contributed by atoms with Gasteiger partial charge in [0.2, 0.25) is 5.91 Å². The maximum atomic E-state index is 12.4. The molecule has 0 saturated carbocycles. The standard InChI is InChI=1S/C19H31NO/c1-5-15-20(16-14-19(2,3)4)18(21)13-9-12-17-10-7-6-8-11-17/h6-8,10-11H,5,9,12-16H2,1-4H3. The van der Waals surface area contributed by atoms with Gasteiger partial charge in [-0.25, -0.2) is 0 Å². The third-order valence-electron chi connectivity index (χ3n) is 3.68. The Morgan fingerprint density at radius 1 is 1.10 bits per heavy atom. The third kappa shape index (κ3) is 7.89. The quantitative estimate of drug-likeness (QED) is 0.680. The number of hydrogen-bond donors (Lipinski definition) is 0. The lowest BCUT2D eigenvalue weighted by atomic mass is 9.92. The second-order valence-corrected chi connectivity index (χ2v) is 7.03. The Balaban J connectivity index is 2.38. The molecule has 21 heavy (non-hydrogen) atoms. The minimum absolute atomic E-state index is 0.288. The first-order valence-corrected chi connectivity index (χ1v) is 8.24. The summed E-state index contributed by atoms with van der Waals surface area (Å²) in [5.41, 5.74) is 1.61. The fourth-order valence-electron chi connectivity index (χ4n) is 2.35. The second-order valence-electron chi connectivity index (χ2n) is 7.03. The van der Waals surface area contributed by atoms with Crippen LogP contribution in [0.2, 0.25) is 0 Å². The van der Waals surface area contributed by atoms with Crippen molar-refractivity contribution in [3.05, 3.63) is 35.9 Å². The van der Waals surface area contributed by atoms with Gasteiger partial charge in [0.1, 0.15) is 0 Å². The van der Waals surface area contributed by atoms with Gasteiger partial charge < -0.3 is 4.90 Å². The summed E-state index contributed by atoms with van der Waals surface area (Å²) in [5.74, 6) is 0.317. The lowest BCUT2D eigenvalue weighted by Gasteiger charge is -2.26. The minimum atomic E-state index is 0.288. The number of rotatable bonds is 8. The van der Waals surface area contributed by atoms with Crippen LogP contribution in [0.5, 0.6) is 0 Å². The smallest absolute Gasteiger partial charge is 0.222 e. The number of aryl methyl sites for hydroxylation is 1. The van der Waals surface area contributed by atoms with Crippen LogP contribution in [0.15, 0.2) is 30.3 Å². The van der Waals surface area contributed by atoms with Crippen molar-refractivity contribution in [2.75, 3.05) is 13.1 Å². The summed E-state index contributed by atoms with van der Waals surface area (Å²) in [5, 5.41) is 0. The Morgan fingerprint density at radius 2 is 1.76 bits per heavy atom. The molecule has 0 spiro atoms. The largest absolute Gasteiger partial charge is 0.343 e. The predicted octanol–water partition coefficient (Wildman–Crippen LogP) is 4.68. The van der Waals surface area contributed by atoms with Gasteiger partial charge in [-0.2, -0.15) is 0 Å². The number of amides is 1. The van der Waals surface area contributed by atoms with E-state index in [1.807, 2.05) is 6.07 Å². The van der Waals surface area contributed by atoms with Gasteiger partial charge in [-0.05, 0) is 36.7 Å². The number of carbonyl (C=O) groups excluding carboxylic acids is 1. The van der Waals surface area contributed by atoms with Crippen molar-refractivity contribution in [3.63, 3.8) is 0 Å². The van der Waals surface area contributed by atoms with Gasteiger partial charge in [0.25, 0.3) is 0 Å². The molecule has 2 heteroatoms. The van der Waals surface area contributed by atoms with E-state index in [0.717, 1.165) is 38.8 Å². The SMILES string of the molecule is CCCN(CCC(C)(C)C)C(=O)CCCc1ccccc1. The number of benzene rings is 1. The van der Waals surface area contributed by atoms with Crippen LogP contribution in [-0.2, 0) is 11.2 Å². The number of hydrogen-bond acceptors (Lipinski definition) is 1. The molecular formula is C19H31NO. The first-order chi connectivity index (χ1) is 9.92. The molecule has 0 bridgehead atoms. The highest BCUT2D eigenvalue weighted by molar-refractivity contribution is 5.76. The first-order valence-electron chi connectivity index (χ1n) is 8.24. The van der Waals surface area contributed by atoms with Crippen LogP contribution >= 0.6 is 0 Å². The van der Waals surface area contributed by atoms with E-state index >= 15 is 0 Å². The molecule has 0 fully saturated rings. The summed E-state index contributed by atoms with van der Waals surface area (Å²) in [6, 6.07) is 10.4. The van der Waals surface area contributed by atoms with Crippen LogP contribution in [0.1, 0.15) is 58.9 Å². The first kappa shape index (κ1) is 17.7. The van der Waals surface area contributed by atoms with E-state index in [-0.39, 0.29) is 5.41 Å². The van der Waals surface area contributed by atoms with Gasteiger partial charge in [0.05, 0.1) is 0 Å². The Labute approximate surface area is 130 Å². The van der Waals surface area contributed by atoms with Gasteiger partial charge in [-0.1, -0.05) is 58.0 Å². The molecule has 118 valence electrons. The third-order valence-corrected chi connectivity index (χ3v) is 3.68. The second kappa shape index (κ2) is 8.86. The maximum Gasteiger partial charge on any atom is 0.222 e. The zero-order valence-electron chi connectivity index (χ0n) is 14.2. The van der Waals surface area contributed by atoms with Crippen molar-refractivity contribution in [1.82, 2.24) is 4.90 Å². The van der Waals surface area contributed by atoms with Crippen molar-refractivity contribution >= 4 is 5.91 Å². The van der Waals surface area contributed by atoms with Crippen molar-refractivity contribution in [2.45, 2.75) is 59.8 Å². The van der Waals surface area contributed by atoms with Crippen molar-refractivity contribution in [2.24, 2.45) is 5.41 Å².